The second kappa shape index (κ2) is 5.35. The third-order valence-corrected chi connectivity index (χ3v) is 5.49. The molecule has 1 aromatic carbocycles. The molecule has 0 bridgehead atoms. The molecule has 22 heavy (non-hydrogen) atoms. The molecule has 0 aliphatic heterocycles. The van der Waals surface area contributed by atoms with E-state index in [9.17, 15) is 4.79 Å². The maximum absolute atomic E-state index is 12.3. The molecule has 0 spiro atoms. The average Bonchev–Trinajstić information content (AvgIpc) is 3.17. The lowest BCUT2D eigenvalue weighted by Crippen LogP contribution is -2.07. The van der Waals surface area contributed by atoms with E-state index < -0.39 is 0 Å². The number of hydrogen-bond acceptors (Lipinski definition) is 4. The quantitative estimate of drug-likeness (QED) is 0.554. The van der Waals surface area contributed by atoms with Crippen LogP contribution in [-0.2, 0) is 0 Å². The highest BCUT2D eigenvalue weighted by Crippen LogP contribution is 2.35. The van der Waals surface area contributed by atoms with E-state index in [-0.39, 0.29) is 5.56 Å². The molecule has 0 saturated carbocycles. The number of thiophene rings is 2. The molecule has 0 amide bonds. The van der Waals surface area contributed by atoms with E-state index in [2.05, 4.69) is 9.97 Å². The summed E-state index contributed by atoms with van der Waals surface area (Å²) < 4.78 is 0.619. The van der Waals surface area contributed by atoms with Gasteiger partial charge in [0.25, 0.3) is 5.56 Å². The summed E-state index contributed by atoms with van der Waals surface area (Å²) in [6, 6.07) is 11.5. The van der Waals surface area contributed by atoms with Crippen molar-refractivity contribution < 1.29 is 0 Å². The molecule has 4 aromatic rings. The first kappa shape index (κ1) is 13.7. The van der Waals surface area contributed by atoms with Gasteiger partial charge in [0.05, 0.1) is 5.52 Å². The van der Waals surface area contributed by atoms with Gasteiger partial charge in [-0.1, -0.05) is 29.8 Å². The van der Waals surface area contributed by atoms with Crippen LogP contribution in [0.5, 0.6) is 0 Å². The highest BCUT2D eigenvalue weighted by atomic mass is 35.5. The van der Waals surface area contributed by atoms with Crippen LogP contribution in [-0.4, -0.2) is 9.97 Å². The van der Waals surface area contributed by atoms with Crippen molar-refractivity contribution in [2.24, 2.45) is 0 Å². The maximum Gasteiger partial charge on any atom is 0.269 e. The van der Waals surface area contributed by atoms with Gasteiger partial charge in [0.2, 0.25) is 0 Å². The molecule has 0 aliphatic carbocycles. The fourth-order valence-corrected chi connectivity index (χ4v) is 4.23. The van der Waals surface area contributed by atoms with Crippen LogP contribution in [0.1, 0.15) is 0 Å². The van der Waals surface area contributed by atoms with E-state index in [0.29, 0.717) is 21.1 Å². The molecule has 0 atom stereocenters. The zero-order valence-corrected chi connectivity index (χ0v) is 13.6. The third-order valence-electron chi connectivity index (χ3n) is 3.32. The second-order valence-corrected chi connectivity index (χ2v) is 6.97. The summed E-state index contributed by atoms with van der Waals surface area (Å²) in [6.07, 6.45) is 0. The van der Waals surface area contributed by atoms with Crippen LogP contribution in [0.2, 0.25) is 5.02 Å². The Morgan fingerprint density at radius 1 is 1.18 bits per heavy atom. The molecule has 0 radical (unpaired) electrons. The minimum absolute atomic E-state index is 0.116. The van der Waals surface area contributed by atoms with Gasteiger partial charge in [-0.05, 0) is 23.6 Å². The summed E-state index contributed by atoms with van der Waals surface area (Å²) >= 11 is 9.22. The fourth-order valence-electron chi connectivity index (χ4n) is 2.27. The van der Waals surface area contributed by atoms with Gasteiger partial charge in [0, 0.05) is 26.4 Å². The lowest BCUT2D eigenvalue weighted by atomic mass is 10.2. The predicted octanol–water partition coefficient (Wildman–Crippen LogP) is 5.03. The summed E-state index contributed by atoms with van der Waals surface area (Å²) in [5.41, 5.74) is 2.43. The number of nitrogens with zero attached hydrogens (tertiary/aromatic N) is 1. The molecular weight excluding hydrogens is 336 g/mol. The van der Waals surface area contributed by atoms with Crippen molar-refractivity contribution in [2.75, 3.05) is 0 Å². The molecule has 0 saturated heterocycles. The minimum atomic E-state index is -0.116. The standard InChI is InChI=1S/C16H9ClN2OS2/c17-11-4-2-1-3-10(11)13-7-12-14(22-13)16(20)19-15(18-12)9-5-6-21-8-9/h1-8H,(H,18,19,20). The Morgan fingerprint density at radius 2 is 2.05 bits per heavy atom. The van der Waals surface area contributed by atoms with Crippen LogP contribution in [0, 0.1) is 0 Å². The maximum atomic E-state index is 12.3. The van der Waals surface area contributed by atoms with E-state index >= 15 is 0 Å². The number of rotatable bonds is 2. The highest BCUT2D eigenvalue weighted by Gasteiger charge is 2.12. The van der Waals surface area contributed by atoms with Gasteiger partial charge in [0.1, 0.15) is 10.5 Å². The minimum Gasteiger partial charge on any atom is -0.305 e. The van der Waals surface area contributed by atoms with Crippen LogP contribution in [0.3, 0.4) is 0 Å². The van der Waals surface area contributed by atoms with Crippen molar-refractivity contribution in [3.05, 3.63) is 62.5 Å². The zero-order chi connectivity index (χ0) is 15.1. The molecule has 3 aromatic heterocycles. The van der Waals surface area contributed by atoms with Crippen molar-refractivity contribution in [3.63, 3.8) is 0 Å². The summed E-state index contributed by atoms with van der Waals surface area (Å²) in [7, 11) is 0. The van der Waals surface area contributed by atoms with Gasteiger partial charge in [-0.2, -0.15) is 11.3 Å². The Hall–Kier alpha value is -1.95. The molecule has 4 rings (SSSR count). The van der Waals surface area contributed by atoms with E-state index in [4.69, 9.17) is 11.6 Å². The number of benzene rings is 1. The Morgan fingerprint density at radius 3 is 2.82 bits per heavy atom. The average molecular weight is 345 g/mol. The Kier molecular flexibility index (Phi) is 3.33. The molecule has 0 aliphatic rings. The van der Waals surface area contributed by atoms with Crippen LogP contribution < -0.4 is 5.56 Å². The van der Waals surface area contributed by atoms with Crippen molar-refractivity contribution in [1.82, 2.24) is 9.97 Å². The van der Waals surface area contributed by atoms with Crippen LogP contribution in [0.4, 0.5) is 0 Å². The van der Waals surface area contributed by atoms with Gasteiger partial charge in [-0.15, -0.1) is 11.3 Å². The molecule has 0 unspecified atom stereocenters. The topological polar surface area (TPSA) is 45.8 Å². The lowest BCUT2D eigenvalue weighted by Gasteiger charge is -1.98. The smallest absolute Gasteiger partial charge is 0.269 e. The fraction of sp³-hybridized carbons (Fsp3) is 0. The number of fused-ring (bicyclic) bond motifs is 1. The van der Waals surface area contributed by atoms with Gasteiger partial charge in [-0.25, -0.2) is 4.98 Å². The molecule has 1 N–H and O–H groups in total. The first-order chi connectivity index (χ1) is 10.7. The van der Waals surface area contributed by atoms with Crippen LogP contribution in [0.15, 0.2) is 52.0 Å². The third kappa shape index (κ3) is 2.27. The van der Waals surface area contributed by atoms with E-state index in [1.165, 1.54) is 11.3 Å². The number of hydrogen-bond donors (Lipinski definition) is 1. The van der Waals surface area contributed by atoms with Gasteiger partial charge >= 0.3 is 0 Å². The number of H-pyrrole nitrogens is 1. The molecule has 6 heteroatoms. The number of halogens is 1. The van der Waals surface area contributed by atoms with E-state index in [1.54, 1.807) is 11.3 Å². The Bertz CT molecular complexity index is 1020. The Balaban J connectivity index is 1.93. The van der Waals surface area contributed by atoms with Crippen molar-refractivity contribution in [2.45, 2.75) is 0 Å². The van der Waals surface area contributed by atoms with Crippen molar-refractivity contribution >= 4 is 44.5 Å². The summed E-state index contributed by atoms with van der Waals surface area (Å²) in [5, 5.41) is 4.59. The van der Waals surface area contributed by atoms with Crippen LogP contribution >= 0.6 is 34.3 Å². The first-order valence-electron chi connectivity index (χ1n) is 6.54. The zero-order valence-electron chi connectivity index (χ0n) is 11.2. The van der Waals surface area contributed by atoms with E-state index in [0.717, 1.165) is 16.0 Å². The lowest BCUT2D eigenvalue weighted by molar-refractivity contribution is 1.19. The molecule has 3 heterocycles. The van der Waals surface area contributed by atoms with E-state index in [1.807, 2.05) is 47.2 Å². The molecule has 0 fully saturated rings. The largest absolute Gasteiger partial charge is 0.305 e. The number of nitrogens with one attached hydrogen (secondary N) is 1. The number of aromatic amines is 1. The summed E-state index contributed by atoms with van der Waals surface area (Å²) in [6.45, 7) is 0. The van der Waals surface area contributed by atoms with Gasteiger partial charge in [0.15, 0.2) is 0 Å². The summed E-state index contributed by atoms with van der Waals surface area (Å²) in [4.78, 5) is 20.7. The SMILES string of the molecule is O=c1[nH]c(-c2ccsc2)nc2cc(-c3ccccc3Cl)sc12. The first-order valence-corrected chi connectivity index (χ1v) is 8.67. The van der Waals surface area contributed by atoms with Gasteiger partial charge in [-0.3, -0.25) is 4.79 Å². The summed E-state index contributed by atoms with van der Waals surface area (Å²) in [5.74, 6) is 0.599. The normalized spacial score (nSPS) is 11.1. The molecular formula is C16H9ClN2OS2. The van der Waals surface area contributed by atoms with Gasteiger partial charge < -0.3 is 4.98 Å². The number of aromatic nitrogens is 2. The van der Waals surface area contributed by atoms with Crippen LogP contribution in [0.25, 0.3) is 32.0 Å². The highest BCUT2D eigenvalue weighted by molar-refractivity contribution is 7.22. The molecule has 3 nitrogen and oxygen atoms in total. The monoisotopic (exact) mass is 344 g/mol. The van der Waals surface area contributed by atoms with Crippen molar-refractivity contribution in [1.29, 1.82) is 0 Å². The molecule has 108 valence electrons. The second-order valence-electron chi connectivity index (χ2n) is 4.73. The van der Waals surface area contributed by atoms with Crippen molar-refractivity contribution in [3.8, 4) is 21.8 Å². The predicted molar refractivity (Wildman–Crippen MR) is 94.0 cm³/mol. The Labute approximate surface area is 138 Å².